The molecule has 47 heavy (non-hydrogen) atoms. The SMILES string of the molecule is CC1(C)C(O[C@H]2CN(C(=O)CC3CC3)CCO2)CCC23C[C@]24CCC2(C)[C@H]5CCC(CNCCC(=O)O)OC5[C@H](O)[C@@]2(C)C4CCC13. The maximum absolute atomic E-state index is 12.9. The molecule has 0 radical (unpaired) electrons. The molecule has 9 heteroatoms. The van der Waals surface area contributed by atoms with Gasteiger partial charge in [0.25, 0.3) is 0 Å². The first kappa shape index (κ1) is 32.9. The highest BCUT2D eigenvalue weighted by Gasteiger charge is 2.84. The Morgan fingerprint density at radius 1 is 0.957 bits per heavy atom. The Labute approximate surface area is 281 Å². The predicted molar refractivity (Wildman–Crippen MR) is 175 cm³/mol. The third-order valence-electron chi connectivity index (χ3n) is 16.2. The molecule has 0 aromatic heterocycles. The van der Waals surface area contributed by atoms with Crippen LogP contribution in [-0.4, -0.2) is 90.5 Å². The zero-order chi connectivity index (χ0) is 33.0. The summed E-state index contributed by atoms with van der Waals surface area (Å²) in [6, 6.07) is 0. The molecular formula is C38H60N2O7. The summed E-state index contributed by atoms with van der Waals surface area (Å²) in [5.74, 6) is 1.54. The van der Waals surface area contributed by atoms with Gasteiger partial charge in [-0.2, -0.15) is 0 Å². The topological polar surface area (TPSA) is 118 Å². The molecule has 9 nitrogen and oxygen atoms in total. The van der Waals surface area contributed by atoms with Gasteiger partial charge in [0.15, 0.2) is 6.29 Å². The van der Waals surface area contributed by atoms with E-state index in [9.17, 15) is 14.7 Å². The largest absolute Gasteiger partial charge is 0.481 e. The first-order valence-electron chi connectivity index (χ1n) is 19.2. The number of nitrogens with one attached hydrogen (secondary N) is 1. The summed E-state index contributed by atoms with van der Waals surface area (Å²) < 4.78 is 19.7. The van der Waals surface area contributed by atoms with Gasteiger partial charge in [0.05, 0.1) is 44.0 Å². The maximum Gasteiger partial charge on any atom is 0.304 e. The van der Waals surface area contributed by atoms with Crippen molar-refractivity contribution in [3.05, 3.63) is 0 Å². The normalized spacial score (nSPS) is 49.6. The number of aliphatic hydroxyl groups is 1. The number of carbonyl (C=O) groups excluding carboxylic acids is 1. The fourth-order valence-corrected chi connectivity index (χ4v) is 13.5. The van der Waals surface area contributed by atoms with E-state index in [1.165, 1.54) is 44.9 Å². The number of amides is 1. The first-order chi connectivity index (χ1) is 22.4. The zero-order valence-corrected chi connectivity index (χ0v) is 29.3. The lowest BCUT2D eigenvalue weighted by molar-refractivity contribution is -0.248. The molecule has 8 fully saturated rings. The quantitative estimate of drug-likeness (QED) is 0.298. The van der Waals surface area contributed by atoms with Crippen LogP contribution in [0.2, 0.25) is 0 Å². The van der Waals surface area contributed by atoms with Gasteiger partial charge in [0.1, 0.15) is 0 Å². The Kier molecular flexibility index (Phi) is 7.97. The van der Waals surface area contributed by atoms with E-state index in [2.05, 4.69) is 33.0 Å². The van der Waals surface area contributed by atoms with E-state index in [1.54, 1.807) is 0 Å². The molecule has 0 aromatic rings. The number of aliphatic hydroxyl groups excluding tert-OH is 1. The lowest BCUT2D eigenvalue weighted by Crippen LogP contribution is -2.60. The molecule has 1 amide bonds. The summed E-state index contributed by atoms with van der Waals surface area (Å²) in [4.78, 5) is 25.8. The smallest absolute Gasteiger partial charge is 0.304 e. The van der Waals surface area contributed by atoms with Crippen LogP contribution < -0.4 is 5.32 Å². The van der Waals surface area contributed by atoms with Crippen molar-refractivity contribution in [3.63, 3.8) is 0 Å². The van der Waals surface area contributed by atoms with E-state index in [-0.39, 0.29) is 53.2 Å². The average molecular weight is 657 g/mol. The minimum atomic E-state index is -0.786. The molecule has 12 atom stereocenters. The van der Waals surface area contributed by atoms with Crippen LogP contribution in [0.4, 0.5) is 0 Å². The standard InChI is InChI=1S/C38H60N2O7/c1-34(2)26-9-10-27-36(4)33(44)32-25(8-7-24(46-32)20-39-16-12-30(42)43)35(36,3)14-15-38(27)22-37(26,38)13-11-28(34)47-31-21-40(17-18-45-31)29(41)19-23-5-6-23/h23-28,31-33,39,44H,5-22H2,1-4H3,(H,42,43)/t24?,25-,26?,27?,28?,31-,32?,33-,35?,36+,37?,38-/m0/s1. The minimum absolute atomic E-state index is 0.0181. The van der Waals surface area contributed by atoms with Crippen LogP contribution in [0, 0.1) is 50.7 Å². The second kappa shape index (κ2) is 11.4. The minimum Gasteiger partial charge on any atom is -0.481 e. The van der Waals surface area contributed by atoms with Gasteiger partial charge in [0, 0.05) is 31.5 Å². The zero-order valence-electron chi connectivity index (χ0n) is 29.3. The van der Waals surface area contributed by atoms with Crippen LogP contribution >= 0.6 is 0 Å². The summed E-state index contributed by atoms with van der Waals surface area (Å²) in [7, 11) is 0. The van der Waals surface area contributed by atoms with E-state index >= 15 is 0 Å². The highest BCUT2D eigenvalue weighted by molar-refractivity contribution is 5.76. The Hall–Kier alpha value is -1.26. The maximum atomic E-state index is 12.9. The molecule has 6 saturated carbocycles. The molecule has 7 unspecified atom stereocenters. The molecule has 2 spiro atoms. The van der Waals surface area contributed by atoms with Gasteiger partial charge >= 0.3 is 5.97 Å². The number of carboxylic acids is 1. The Morgan fingerprint density at radius 3 is 2.49 bits per heavy atom. The molecule has 6 aliphatic carbocycles. The molecule has 0 bridgehead atoms. The molecule has 2 heterocycles. The number of nitrogens with zero attached hydrogens (tertiary/aromatic N) is 1. The van der Waals surface area contributed by atoms with Crippen LogP contribution in [0.3, 0.4) is 0 Å². The van der Waals surface area contributed by atoms with Gasteiger partial charge in [-0.15, -0.1) is 0 Å². The lowest BCUT2D eigenvalue weighted by atomic mass is 9.41. The number of hydrogen-bond acceptors (Lipinski definition) is 7. The van der Waals surface area contributed by atoms with Gasteiger partial charge in [-0.25, -0.2) is 0 Å². The van der Waals surface area contributed by atoms with Gasteiger partial charge in [0.2, 0.25) is 5.91 Å². The second-order valence-corrected chi connectivity index (χ2v) is 18.3. The van der Waals surface area contributed by atoms with E-state index < -0.39 is 12.1 Å². The molecule has 2 aliphatic heterocycles. The first-order valence-corrected chi connectivity index (χ1v) is 19.2. The number of morpholine rings is 1. The van der Waals surface area contributed by atoms with Crippen molar-refractivity contribution < 1.29 is 34.0 Å². The van der Waals surface area contributed by atoms with E-state index in [4.69, 9.17) is 19.3 Å². The van der Waals surface area contributed by atoms with Crippen molar-refractivity contribution in [1.29, 1.82) is 0 Å². The fraction of sp³-hybridized carbons (Fsp3) is 0.947. The van der Waals surface area contributed by atoms with Crippen LogP contribution in [0.15, 0.2) is 0 Å². The van der Waals surface area contributed by atoms with E-state index in [1.807, 2.05) is 4.90 Å². The van der Waals surface area contributed by atoms with Crippen molar-refractivity contribution in [1.82, 2.24) is 10.2 Å². The lowest BCUT2D eigenvalue weighted by Gasteiger charge is -2.63. The van der Waals surface area contributed by atoms with Gasteiger partial charge < -0.3 is 34.6 Å². The van der Waals surface area contributed by atoms with Crippen molar-refractivity contribution in [2.45, 2.75) is 142 Å². The van der Waals surface area contributed by atoms with Crippen LogP contribution in [-0.2, 0) is 23.8 Å². The molecule has 0 aromatic carbocycles. The predicted octanol–water partition coefficient (Wildman–Crippen LogP) is 4.99. The Balaban J connectivity index is 0.956. The molecule has 3 N–H and O–H groups in total. The van der Waals surface area contributed by atoms with E-state index in [0.29, 0.717) is 73.7 Å². The summed E-state index contributed by atoms with van der Waals surface area (Å²) in [5.41, 5.74) is 0.525. The molecule has 8 rings (SSSR count). The number of ether oxygens (including phenoxy) is 3. The number of rotatable bonds is 9. The number of hydrogen-bond donors (Lipinski definition) is 3. The van der Waals surface area contributed by atoms with Crippen LogP contribution in [0.1, 0.15) is 111 Å². The summed E-state index contributed by atoms with van der Waals surface area (Å²) in [5, 5.41) is 24.6. The number of aliphatic carboxylic acids is 1. The Morgan fingerprint density at radius 2 is 1.72 bits per heavy atom. The average Bonchev–Trinajstić information content (AvgIpc) is 3.96. The summed E-state index contributed by atoms with van der Waals surface area (Å²) in [6.45, 7) is 12.7. The molecule has 264 valence electrons. The number of carboxylic acid groups (broad SMARTS) is 1. The summed E-state index contributed by atoms with van der Waals surface area (Å²) >= 11 is 0. The number of fused-ring (bicyclic) bond motifs is 4. The Bertz CT molecular complexity index is 1260. The van der Waals surface area contributed by atoms with E-state index in [0.717, 1.165) is 25.7 Å². The third kappa shape index (κ3) is 4.86. The van der Waals surface area contributed by atoms with Crippen molar-refractivity contribution in [3.8, 4) is 0 Å². The van der Waals surface area contributed by atoms with Gasteiger partial charge in [-0.1, -0.05) is 27.7 Å². The van der Waals surface area contributed by atoms with Crippen molar-refractivity contribution in [2.75, 3.05) is 32.8 Å². The molecular weight excluding hydrogens is 596 g/mol. The number of carbonyl (C=O) groups is 2. The van der Waals surface area contributed by atoms with Crippen LogP contribution in [0.5, 0.6) is 0 Å². The molecule has 2 saturated heterocycles. The van der Waals surface area contributed by atoms with Gasteiger partial charge in [-0.3, -0.25) is 9.59 Å². The highest BCUT2D eigenvalue weighted by atomic mass is 16.7. The highest BCUT2D eigenvalue weighted by Crippen LogP contribution is 2.89. The summed E-state index contributed by atoms with van der Waals surface area (Å²) in [6.07, 6.45) is 12.7. The van der Waals surface area contributed by atoms with Crippen LogP contribution in [0.25, 0.3) is 0 Å². The third-order valence-corrected chi connectivity index (χ3v) is 16.2. The fourth-order valence-electron chi connectivity index (χ4n) is 13.5. The second-order valence-electron chi connectivity index (χ2n) is 18.3. The van der Waals surface area contributed by atoms with Gasteiger partial charge in [-0.05, 0) is 116 Å². The van der Waals surface area contributed by atoms with Crippen molar-refractivity contribution in [2.24, 2.45) is 50.7 Å². The van der Waals surface area contributed by atoms with Crippen molar-refractivity contribution >= 4 is 11.9 Å². The molecule has 8 aliphatic rings. The monoisotopic (exact) mass is 656 g/mol.